The first-order chi connectivity index (χ1) is 22.7. The van der Waals surface area contributed by atoms with Gasteiger partial charge in [0.05, 0.1) is 0 Å². The number of hydrazone groups is 1. The lowest BCUT2D eigenvalue weighted by atomic mass is 10.0. The number of amides is 1. The first-order valence-electron chi connectivity index (χ1n) is 18.9. The van der Waals surface area contributed by atoms with Crippen molar-refractivity contribution in [3.63, 3.8) is 0 Å². The SMILES string of the molecule is CCCCC/C=C\C/C=C\C=C\C=C=CCCC/C(CCCCCCCCC/C=C\C/C=C\CCCCC)=N/NC(=O)CCNC. The second kappa shape index (κ2) is 38.5. The summed E-state index contributed by atoms with van der Waals surface area (Å²) in [4.78, 5) is 12.1. The minimum absolute atomic E-state index is 0.0211. The molecule has 0 aromatic heterocycles. The van der Waals surface area contributed by atoms with E-state index in [-0.39, 0.29) is 5.91 Å². The maximum atomic E-state index is 12.1. The molecule has 0 spiro atoms. The zero-order valence-corrected chi connectivity index (χ0v) is 30.3. The lowest BCUT2D eigenvalue weighted by Crippen LogP contribution is -2.23. The molecule has 0 rings (SSSR count). The van der Waals surface area contributed by atoms with E-state index < -0.39 is 0 Å². The number of hydrogen-bond donors (Lipinski definition) is 2. The Morgan fingerprint density at radius 2 is 1.15 bits per heavy atom. The average Bonchev–Trinajstić information content (AvgIpc) is 3.06. The molecule has 0 saturated carbocycles. The molecule has 2 N–H and O–H groups in total. The molecule has 0 aliphatic carbocycles. The van der Waals surface area contributed by atoms with E-state index in [2.05, 4.69) is 96.2 Å². The van der Waals surface area contributed by atoms with Gasteiger partial charge in [-0.15, -0.1) is 5.73 Å². The number of carbonyl (C=O) groups is 1. The standard InChI is InChI=1S/C42H71N3O/c1-4-6-8-10-12-14-16-18-20-22-24-26-28-30-32-34-36-38-41(44-45-42(46)39-40-43-3)37-35-33-31-29-27-25-23-21-19-17-15-13-11-9-7-5-2/h12-15,18-21,23,25,27,31,43H,4-11,16-17,22,24,26,28,30,32-40H2,1-3H3,(H,45,46)/b14-12-,15-13-,20-18-,21-19-,25-23+,44-41-. The number of nitrogens with zero attached hydrogens (tertiary/aromatic N) is 1. The molecule has 0 aliphatic heterocycles. The number of unbranched alkanes of at least 4 members (excludes halogenated alkanes) is 14. The topological polar surface area (TPSA) is 53.5 Å². The summed E-state index contributed by atoms with van der Waals surface area (Å²) < 4.78 is 0. The molecule has 4 heteroatoms. The van der Waals surface area contributed by atoms with Crippen LogP contribution in [0.25, 0.3) is 0 Å². The van der Waals surface area contributed by atoms with E-state index in [9.17, 15) is 4.79 Å². The van der Waals surface area contributed by atoms with E-state index in [1.165, 1.54) is 96.3 Å². The summed E-state index contributed by atoms with van der Waals surface area (Å²) >= 11 is 0. The Hall–Kier alpha value is -2.68. The molecule has 4 nitrogen and oxygen atoms in total. The third-order valence-electron chi connectivity index (χ3n) is 7.75. The molecule has 0 saturated heterocycles. The van der Waals surface area contributed by atoms with Crippen LogP contribution in [0.4, 0.5) is 0 Å². The fraction of sp³-hybridized carbons (Fsp3) is 0.643. The van der Waals surface area contributed by atoms with Crippen molar-refractivity contribution in [1.29, 1.82) is 0 Å². The van der Waals surface area contributed by atoms with Crippen molar-refractivity contribution < 1.29 is 4.79 Å². The van der Waals surface area contributed by atoms with Crippen LogP contribution in [0, 0.1) is 0 Å². The Morgan fingerprint density at radius 1 is 0.587 bits per heavy atom. The molecule has 260 valence electrons. The Kier molecular flexibility index (Phi) is 36.3. The highest BCUT2D eigenvalue weighted by Gasteiger charge is 2.03. The van der Waals surface area contributed by atoms with Gasteiger partial charge in [-0.2, -0.15) is 5.10 Å². The molecular weight excluding hydrogens is 562 g/mol. The van der Waals surface area contributed by atoms with Crippen LogP contribution in [0.3, 0.4) is 0 Å². The van der Waals surface area contributed by atoms with Crippen LogP contribution in [0.1, 0.15) is 162 Å². The number of carbonyl (C=O) groups excluding carboxylic acids is 1. The molecule has 46 heavy (non-hydrogen) atoms. The van der Waals surface area contributed by atoms with Crippen molar-refractivity contribution in [2.45, 2.75) is 162 Å². The second-order valence-electron chi connectivity index (χ2n) is 12.2. The summed E-state index contributed by atoms with van der Waals surface area (Å²) in [6.07, 6.45) is 53.1. The number of rotatable bonds is 32. The van der Waals surface area contributed by atoms with Crippen molar-refractivity contribution in [2.75, 3.05) is 13.6 Å². The summed E-state index contributed by atoms with van der Waals surface area (Å²) in [5.41, 5.74) is 7.15. The maximum Gasteiger partial charge on any atom is 0.241 e. The van der Waals surface area contributed by atoms with Crippen LogP contribution in [0.2, 0.25) is 0 Å². The van der Waals surface area contributed by atoms with Gasteiger partial charge in [0.25, 0.3) is 0 Å². The van der Waals surface area contributed by atoms with Gasteiger partial charge in [-0.1, -0.05) is 132 Å². The normalized spacial score (nSPS) is 12.4. The van der Waals surface area contributed by atoms with Crippen LogP contribution in [0.15, 0.2) is 83.7 Å². The van der Waals surface area contributed by atoms with Gasteiger partial charge in [0.2, 0.25) is 5.91 Å². The predicted octanol–water partition coefficient (Wildman–Crippen LogP) is 12.2. The summed E-state index contributed by atoms with van der Waals surface area (Å²) in [7, 11) is 1.86. The molecule has 0 aromatic rings. The highest BCUT2D eigenvalue weighted by atomic mass is 16.2. The minimum Gasteiger partial charge on any atom is -0.319 e. The van der Waals surface area contributed by atoms with Crippen LogP contribution in [-0.2, 0) is 4.79 Å². The lowest BCUT2D eigenvalue weighted by molar-refractivity contribution is -0.120. The maximum absolute atomic E-state index is 12.1. The average molecular weight is 634 g/mol. The summed E-state index contributed by atoms with van der Waals surface area (Å²) in [6, 6.07) is 0. The van der Waals surface area contributed by atoms with Crippen molar-refractivity contribution in [3.8, 4) is 0 Å². The fourth-order valence-electron chi connectivity index (χ4n) is 4.86. The van der Waals surface area contributed by atoms with Crippen LogP contribution in [-0.4, -0.2) is 25.2 Å². The van der Waals surface area contributed by atoms with E-state index in [0.717, 1.165) is 50.7 Å². The van der Waals surface area contributed by atoms with Gasteiger partial charge in [0, 0.05) is 18.7 Å². The number of nitrogens with one attached hydrogen (secondary N) is 2. The molecule has 0 bridgehead atoms. The van der Waals surface area contributed by atoms with E-state index in [4.69, 9.17) is 0 Å². The Labute approximate surface area is 285 Å². The lowest BCUT2D eigenvalue weighted by Gasteiger charge is -2.07. The molecule has 0 atom stereocenters. The van der Waals surface area contributed by atoms with Gasteiger partial charge in [0.15, 0.2) is 0 Å². The molecule has 0 heterocycles. The summed E-state index contributed by atoms with van der Waals surface area (Å²) in [6.45, 7) is 5.17. The van der Waals surface area contributed by atoms with Gasteiger partial charge in [0.1, 0.15) is 0 Å². The first-order valence-corrected chi connectivity index (χ1v) is 18.9. The Bertz CT molecular complexity index is 915. The van der Waals surface area contributed by atoms with Gasteiger partial charge in [-0.3, -0.25) is 4.79 Å². The van der Waals surface area contributed by atoms with Gasteiger partial charge in [-0.05, 0) is 103 Å². The van der Waals surface area contributed by atoms with Crippen molar-refractivity contribution in [2.24, 2.45) is 5.10 Å². The van der Waals surface area contributed by atoms with Gasteiger partial charge in [-0.25, -0.2) is 5.43 Å². The van der Waals surface area contributed by atoms with E-state index in [1.807, 2.05) is 19.2 Å². The third-order valence-corrected chi connectivity index (χ3v) is 7.75. The summed E-state index contributed by atoms with van der Waals surface area (Å²) in [5.74, 6) is -0.0211. The van der Waals surface area contributed by atoms with Crippen LogP contribution >= 0.6 is 0 Å². The summed E-state index contributed by atoms with van der Waals surface area (Å²) in [5, 5.41) is 7.53. The van der Waals surface area contributed by atoms with Crippen molar-refractivity contribution in [3.05, 3.63) is 78.6 Å². The third kappa shape index (κ3) is 35.8. The molecule has 1 amide bonds. The molecule has 0 aromatic carbocycles. The van der Waals surface area contributed by atoms with Crippen LogP contribution in [0.5, 0.6) is 0 Å². The monoisotopic (exact) mass is 634 g/mol. The van der Waals surface area contributed by atoms with Crippen LogP contribution < -0.4 is 10.7 Å². The Balaban J connectivity index is 4.18. The molecule has 0 unspecified atom stereocenters. The molecule has 0 aliphatic rings. The van der Waals surface area contributed by atoms with E-state index in [0.29, 0.717) is 13.0 Å². The first kappa shape index (κ1) is 43.3. The number of hydrogen-bond acceptors (Lipinski definition) is 3. The molecule has 0 radical (unpaired) electrons. The largest absolute Gasteiger partial charge is 0.319 e. The fourth-order valence-corrected chi connectivity index (χ4v) is 4.86. The van der Waals surface area contributed by atoms with E-state index >= 15 is 0 Å². The molecular formula is C42H71N3O. The smallest absolute Gasteiger partial charge is 0.241 e. The zero-order valence-electron chi connectivity index (χ0n) is 30.3. The molecule has 0 fully saturated rings. The number of allylic oxidation sites excluding steroid dienone is 11. The quantitative estimate of drug-likeness (QED) is 0.0193. The Morgan fingerprint density at radius 3 is 1.78 bits per heavy atom. The van der Waals surface area contributed by atoms with Crippen molar-refractivity contribution >= 4 is 11.6 Å². The van der Waals surface area contributed by atoms with Crippen molar-refractivity contribution in [1.82, 2.24) is 10.7 Å². The highest BCUT2D eigenvalue weighted by Crippen LogP contribution is 2.12. The zero-order chi connectivity index (χ0) is 33.4. The second-order valence-corrected chi connectivity index (χ2v) is 12.2. The predicted molar refractivity (Wildman–Crippen MR) is 205 cm³/mol. The van der Waals surface area contributed by atoms with E-state index in [1.54, 1.807) is 0 Å². The van der Waals surface area contributed by atoms with Gasteiger partial charge >= 0.3 is 0 Å². The highest BCUT2D eigenvalue weighted by molar-refractivity contribution is 5.86. The van der Waals surface area contributed by atoms with Gasteiger partial charge < -0.3 is 5.32 Å². The minimum atomic E-state index is -0.0211.